The third kappa shape index (κ3) is 5.63. The number of hydrogen-bond donors (Lipinski definition) is 1. The molecule has 104 valence electrons. The largest absolute Gasteiger partial charge is 0.474 e. The van der Waals surface area contributed by atoms with Crippen LogP contribution in [0.15, 0.2) is 22.7 Å². The van der Waals surface area contributed by atoms with Crippen LogP contribution >= 0.6 is 15.9 Å². The van der Waals surface area contributed by atoms with E-state index in [2.05, 4.69) is 41.2 Å². The zero-order valence-electron chi connectivity index (χ0n) is 11.7. The van der Waals surface area contributed by atoms with E-state index in [1.54, 1.807) is 0 Å². The number of halogens is 1. The van der Waals surface area contributed by atoms with Gasteiger partial charge in [0.2, 0.25) is 0 Å². The molecule has 4 heteroatoms. The molecule has 0 fully saturated rings. The first-order valence-corrected chi connectivity index (χ1v) is 7.41. The van der Waals surface area contributed by atoms with Gasteiger partial charge in [-0.15, -0.1) is 0 Å². The summed E-state index contributed by atoms with van der Waals surface area (Å²) in [5, 5.41) is 12.3. The van der Waals surface area contributed by atoms with E-state index in [4.69, 9.17) is 10.00 Å². The van der Waals surface area contributed by atoms with Crippen LogP contribution in [0.1, 0.15) is 32.8 Å². The molecule has 1 unspecified atom stereocenters. The quantitative estimate of drug-likeness (QED) is 0.827. The lowest BCUT2D eigenvalue weighted by Crippen LogP contribution is -2.19. The first kappa shape index (κ1) is 16.0. The fourth-order valence-corrected chi connectivity index (χ4v) is 2.13. The van der Waals surface area contributed by atoms with Crippen molar-refractivity contribution < 1.29 is 4.74 Å². The summed E-state index contributed by atoms with van der Waals surface area (Å²) >= 11 is 3.49. The van der Waals surface area contributed by atoms with Crippen molar-refractivity contribution in [3.05, 3.63) is 28.2 Å². The predicted molar refractivity (Wildman–Crippen MR) is 81.0 cm³/mol. The van der Waals surface area contributed by atoms with Crippen LogP contribution < -0.4 is 10.1 Å². The smallest absolute Gasteiger partial charge is 0.184 e. The van der Waals surface area contributed by atoms with Crippen molar-refractivity contribution in [1.29, 1.82) is 5.26 Å². The second-order valence-electron chi connectivity index (χ2n) is 4.93. The molecule has 0 saturated heterocycles. The minimum atomic E-state index is -0.388. The number of ether oxygens (including phenoxy) is 1. The SMILES string of the molecule is CCC(C#N)Oc1ccc(CNCC(C)C)cc1Br. The second kappa shape index (κ2) is 8.19. The minimum absolute atomic E-state index is 0.388. The Balaban J connectivity index is 2.62. The van der Waals surface area contributed by atoms with Crippen molar-refractivity contribution in [3.63, 3.8) is 0 Å². The van der Waals surface area contributed by atoms with E-state index in [0.29, 0.717) is 12.3 Å². The summed E-state index contributed by atoms with van der Waals surface area (Å²) in [6, 6.07) is 8.11. The van der Waals surface area contributed by atoms with Crippen LogP contribution in [0.3, 0.4) is 0 Å². The molecule has 1 atom stereocenters. The summed E-state index contributed by atoms with van der Waals surface area (Å²) < 4.78 is 6.51. The van der Waals surface area contributed by atoms with Crippen LogP contribution in [0.5, 0.6) is 5.75 Å². The number of nitriles is 1. The standard InChI is InChI=1S/C15H21BrN2O/c1-4-13(8-17)19-15-6-5-12(7-14(15)16)10-18-9-11(2)3/h5-7,11,13,18H,4,9-10H2,1-3H3. The third-order valence-corrected chi connectivity index (χ3v) is 3.28. The highest BCUT2D eigenvalue weighted by Crippen LogP contribution is 2.27. The molecule has 0 spiro atoms. The molecule has 0 aromatic heterocycles. The summed E-state index contributed by atoms with van der Waals surface area (Å²) in [6.45, 7) is 8.15. The van der Waals surface area contributed by atoms with Crippen molar-refractivity contribution in [2.45, 2.75) is 39.8 Å². The van der Waals surface area contributed by atoms with Crippen molar-refractivity contribution in [3.8, 4) is 11.8 Å². The second-order valence-corrected chi connectivity index (χ2v) is 5.79. The Morgan fingerprint density at radius 1 is 1.42 bits per heavy atom. The van der Waals surface area contributed by atoms with Crippen LogP contribution in [0.4, 0.5) is 0 Å². The molecular formula is C15H21BrN2O. The number of nitrogens with zero attached hydrogens (tertiary/aromatic N) is 1. The molecule has 3 nitrogen and oxygen atoms in total. The molecular weight excluding hydrogens is 304 g/mol. The Morgan fingerprint density at radius 3 is 2.68 bits per heavy atom. The highest BCUT2D eigenvalue weighted by Gasteiger charge is 2.09. The Bertz CT molecular complexity index is 440. The van der Waals surface area contributed by atoms with Gasteiger partial charge in [0.15, 0.2) is 6.10 Å². The van der Waals surface area contributed by atoms with Crippen LogP contribution in [0, 0.1) is 17.2 Å². The minimum Gasteiger partial charge on any atom is -0.474 e. The van der Waals surface area contributed by atoms with E-state index in [9.17, 15) is 0 Å². The van der Waals surface area contributed by atoms with E-state index in [-0.39, 0.29) is 6.10 Å². The number of rotatable bonds is 7. The Kier molecular flexibility index (Phi) is 6.90. The lowest BCUT2D eigenvalue weighted by molar-refractivity contribution is 0.250. The number of nitrogens with one attached hydrogen (secondary N) is 1. The predicted octanol–water partition coefficient (Wildman–Crippen LogP) is 3.88. The Hall–Kier alpha value is -1.05. The summed E-state index contributed by atoms with van der Waals surface area (Å²) in [6.07, 6.45) is 0.293. The zero-order valence-corrected chi connectivity index (χ0v) is 13.3. The molecule has 19 heavy (non-hydrogen) atoms. The van der Waals surface area contributed by atoms with Crippen molar-refractivity contribution in [1.82, 2.24) is 5.32 Å². The highest BCUT2D eigenvalue weighted by molar-refractivity contribution is 9.10. The van der Waals surface area contributed by atoms with Crippen LogP contribution in [0.2, 0.25) is 0 Å². The van der Waals surface area contributed by atoms with Gasteiger partial charge in [-0.3, -0.25) is 0 Å². The van der Waals surface area contributed by atoms with Gasteiger partial charge in [0.25, 0.3) is 0 Å². The molecule has 0 aliphatic carbocycles. The van der Waals surface area contributed by atoms with Gasteiger partial charge in [0, 0.05) is 6.54 Å². The maximum atomic E-state index is 8.90. The van der Waals surface area contributed by atoms with E-state index in [1.165, 1.54) is 5.56 Å². The molecule has 0 amide bonds. The van der Waals surface area contributed by atoms with Gasteiger partial charge in [-0.2, -0.15) is 5.26 Å². The molecule has 0 aliphatic heterocycles. The van der Waals surface area contributed by atoms with Gasteiger partial charge in [0.05, 0.1) is 4.47 Å². The summed E-state index contributed by atoms with van der Waals surface area (Å²) in [5.74, 6) is 1.37. The van der Waals surface area contributed by atoms with Gasteiger partial charge >= 0.3 is 0 Å². The molecule has 0 heterocycles. The fraction of sp³-hybridized carbons (Fsp3) is 0.533. The maximum absolute atomic E-state index is 8.90. The molecule has 1 aromatic carbocycles. The fourth-order valence-electron chi connectivity index (χ4n) is 1.61. The average molecular weight is 325 g/mol. The molecule has 1 aromatic rings. The van der Waals surface area contributed by atoms with Gasteiger partial charge in [-0.05, 0) is 52.5 Å². The summed E-state index contributed by atoms with van der Waals surface area (Å²) in [7, 11) is 0. The van der Waals surface area contributed by atoms with Crippen LogP contribution in [-0.4, -0.2) is 12.6 Å². The average Bonchev–Trinajstić information content (AvgIpc) is 2.37. The normalized spacial score (nSPS) is 12.2. The summed E-state index contributed by atoms with van der Waals surface area (Å²) in [5.41, 5.74) is 1.20. The van der Waals surface area contributed by atoms with Crippen molar-refractivity contribution in [2.24, 2.45) is 5.92 Å². The van der Waals surface area contributed by atoms with Crippen LogP contribution in [-0.2, 0) is 6.54 Å². The van der Waals surface area contributed by atoms with Gasteiger partial charge < -0.3 is 10.1 Å². The molecule has 0 saturated carbocycles. The molecule has 0 radical (unpaired) electrons. The van der Waals surface area contributed by atoms with Gasteiger partial charge in [-0.25, -0.2) is 0 Å². The van der Waals surface area contributed by atoms with Crippen molar-refractivity contribution >= 4 is 15.9 Å². The lowest BCUT2D eigenvalue weighted by atomic mass is 10.2. The van der Waals surface area contributed by atoms with Gasteiger partial charge in [-0.1, -0.05) is 26.8 Å². The van der Waals surface area contributed by atoms with Crippen molar-refractivity contribution in [2.75, 3.05) is 6.54 Å². The molecule has 1 N–H and O–H groups in total. The first-order chi connectivity index (χ1) is 9.06. The zero-order chi connectivity index (χ0) is 14.3. The molecule has 1 rings (SSSR count). The molecule has 0 bridgehead atoms. The highest BCUT2D eigenvalue weighted by atomic mass is 79.9. The van der Waals surface area contributed by atoms with E-state index in [0.717, 1.165) is 23.3 Å². The lowest BCUT2D eigenvalue weighted by Gasteiger charge is -2.13. The molecule has 0 aliphatic rings. The Morgan fingerprint density at radius 2 is 2.16 bits per heavy atom. The van der Waals surface area contributed by atoms with Gasteiger partial charge in [0.1, 0.15) is 11.8 Å². The van der Waals surface area contributed by atoms with E-state index < -0.39 is 0 Å². The Labute approximate surface area is 124 Å². The number of hydrogen-bond acceptors (Lipinski definition) is 3. The number of benzene rings is 1. The monoisotopic (exact) mass is 324 g/mol. The topological polar surface area (TPSA) is 45.0 Å². The van der Waals surface area contributed by atoms with E-state index in [1.807, 2.05) is 25.1 Å². The third-order valence-electron chi connectivity index (χ3n) is 2.66. The van der Waals surface area contributed by atoms with Crippen LogP contribution in [0.25, 0.3) is 0 Å². The first-order valence-electron chi connectivity index (χ1n) is 6.62. The maximum Gasteiger partial charge on any atom is 0.184 e. The summed E-state index contributed by atoms with van der Waals surface area (Å²) in [4.78, 5) is 0. The van der Waals surface area contributed by atoms with E-state index >= 15 is 0 Å².